The van der Waals surface area contributed by atoms with E-state index in [9.17, 15) is 19.2 Å². The van der Waals surface area contributed by atoms with Gasteiger partial charge in [0.1, 0.15) is 11.5 Å². The molecule has 1 aliphatic rings. The summed E-state index contributed by atoms with van der Waals surface area (Å²) in [4.78, 5) is 56.9. The van der Waals surface area contributed by atoms with Crippen molar-refractivity contribution in [1.82, 2.24) is 20.0 Å². The van der Waals surface area contributed by atoms with Gasteiger partial charge in [-0.15, -0.1) is 11.8 Å². The van der Waals surface area contributed by atoms with Crippen LogP contribution in [0.15, 0.2) is 42.7 Å². The molecule has 11 heteroatoms. The number of esters is 1. The lowest BCUT2D eigenvalue weighted by molar-refractivity contribution is -0.137. The second-order valence-corrected chi connectivity index (χ2v) is 7.46. The molecule has 1 aliphatic heterocycles. The predicted octanol–water partition coefficient (Wildman–Crippen LogP) is 1.22. The Morgan fingerprint density at radius 1 is 1.06 bits per heavy atom. The Hall–Kier alpha value is -3.47. The van der Waals surface area contributed by atoms with Gasteiger partial charge < -0.3 is 10.1 Å². The standard InChI is InChI=1S/C20H21N5O5S/c1-30-20(29)14-6-7-15(22-11-14)19(28)25-10-4-9-24(25)18(27)13-31-12-17(26)23-16-5-2-3-8-21-16/h2-3,5-8,11H,4,9-10,12-13H2,1H3,(H,21,23,26). The van der Waals surface area contributed by atoms with E-state index in [1.165, 1.54) is 35.5 Å². The van der Waals surface area contributed by atoms with Gasteiger partial charge in [-0.25, -0.2) is 14.8 Å². The largest absolute Gasteiger partial charge is 0.465 e. The smallest absolute Gasteiger partial charge is 0.339 e. The number of carbonyl (C=O) groups excluding carboxylic acids is 4. The van der Waals surface area contributed by atoms with Crippen LogP contribution in [-0.4, -0.2) is 75.4 Å². The van der Waals surface area contributed by atoms with Crippen LogP contribution in [0.3, 0.4) is 0 Å². The number of anilines is 1. The molecule has 0 saturated carbocycles. The lowest BCUT2D eigenvalue weighted by Gasteiger charge is -2.27. The molecular weight excluding hydrogens is 422 g/mol. The second kappa shape index (κ2) is 10.5. The van der Waals surface area contributed by atoms with Gasteiger partial charge >= 0.3 is 5.97 Å². The summed E-state index contributed by atoms with van der Waals surface area (Å²) in [5, 5.41) is 5.37. The van der Waals surface area contributed by atoms with Crippen molar-refractivity contribution >= 4 is 41.3 Å². The Labute approximate surface area is 182 Å². The van der Waals surface area contributed by atoms with Gasteiger partial charge in [-0.05, 0) is 30.7 Å². The Kier molecular flexibility index (Phi) is 7.55. The van der Waals surface area contributed by atoms with E-state index in [4.69, 9.17) is 0 Å². The number of carbonyl (C=O) groups is 4. The van der Waals surface area contributed by atoms with Crippen molar-refractivity contribution in [3.05, 3.63) is 54.0 Å². The lowest BCUT2D eigenvalue weighted by atomic mass is 10.2. The maximum Gasteiger partial charge on any atom is 0.339 e. The number of thioether (sulfide) groups is 1. The maximum atomic E-state index is 12.8. The molecule has 0 atom stereocenters. The maximum absolute atomic E-state index is 12.8. The molecule has 10 nitrogen and oxygen atoms in total. The SMILES string of the molecule is COC(=O)c1ccc(C(=O)N2CCCN2C(=O)CSCC(=O)Nc2ccccn2)nc1. The first kappa shape index (κ1) is 22.2. The Morgan fingerprint density at radius 3 is 2.55 bits per heavy atom. The summed E-state index contributed by atoms with van der Waals surface area (Å²) in [6.07, 6.45) is 3.48. The molecule has 0 bridgehead atoms. The highest BCUT2D eigenvalue weighted by molar-refractivity contribution is 8.00. The van der Waals surface area contributed by atoms with Crippen LogP contribution in [0.4, 0.5) is 5.82 Å². The zero-order valence-corrected chi connectivity index (χ0v) is 17.6. The Bertz CT molecular complexity index is 954. The first-order valence-electron chi connectivity index (χ1n) is 9.44. The van der Waals surface area contributed by atoms with Crippen molar-refractivity contribution in [3.63, 3.8) is 0 Å². The van der Waals surface area contributed by atoms with Crippen molar-refractivity contribution in [3.8, 4) is 0 Å². The molecule has 0 spiro atoms. The van der Waals surface area contributed by atoms with E-state index in [1.54, 1.807) is 24.4 Å². The number of hydrogen-bond donors (Lipinski definition) is 1. The van der Waals surface area contributed by atoms with Gasteiger partial charge in [-0.3, -0.25) is 24.4 Å². The minimum absolute atomic E-state index is 0.0497. The highest BCUT2D eigenvalue weighted by Gasteiger charge is 2.31. The summed E-state index contributed by atoms with van der Waals surface area (Å²) in [5.74, 6) is -0.932. The van der Waals surface area contributed by atoms with E-state index in [2.05, 4.69) is 20.0 Å². The van der Waals surface area contributed by atoms with Crippen LogP contribution >= 0.6 is 11.8 Å². The minimum Gasteiger partial charge on any atom is -0.465 e. The first-order valence-corrected chi connectivity index (χ1v) is 10.6. The predicted molar refractivity (Wildman–Crippen MR) is 113 cm³/mol. The van der Waals surface area contributed by atoms with Crippen LogP contribution in [0, 0.1) is 0 Å². The fraction of sp³-hybridized carbons (Fsp3) is 0.300. The number of rotatable bonds is 7. The van der Waals surface area contributed by atoms with E-state index in [-0.39, 0.29) is 34.6 Å². The molecule has 2 aromatic rings. The van der Waals surface area contributed by atoms with Crippen molar-refractivity contribution in [1.29, 1.82) is 0 Å². The third-order valence-electron chi connectivity index (χ3n) is 4.35. The number of nitrogens with zero attached hydrogens (tertiary/aromatic N) is 4. The second-order valence-electron chi connectivity index (χ2n) is 6.48. The number of methoxy groups -OCH3 is 1. The molecule has 0 unspecified atom stereocenters. The van der Waals surface area contributed by atoms with E-state index < -0.39 is 11.9 Å². The average molecular weight is 443 g/mol. The van der Waals surface area contributed by atoms with Gasteiger partial charge in [0.15, 0.2) is 0 Å². The van der Waals surface area contributed by atoms with Crippen LogP contribution < -0.4 is 5.32 Å². The molecule has 3 heterocycles. The van der Waals surface area contributed by atoms with Crippen LogP contribution in [0.1, 0.15) is 27.3 Å². The summed E-state index contributed by atoms with van der Waals surface area (Å²) >= 11 is 1.16. The van der Waals surface area contributed by atoms with Gasteiger partial charge in [0.05, 0.1) is 24.2 Å². The first-order chi connectivity index (χ1) is 15.0. The number of amides is 3. The van der Waals surface area contributed by atoms with E-state index >= 15 is 0 Å². The van der Waals surface area contributed by atoms with Crippen LogP contribution in [0.25, 0.3) is 0 Å². The van der Waals surface area contributed by atoms with Gasteiger partial charge in [-0.2, -0.15) is 0 Å². The fourth-order valence-electron chi connectivity index (χ4n) is 2.89. The molecule has 1 fully saturated rings. The average Bonchev–Trinajstić information content (AvgIpc) is 3.29. The van der Waals surface area contributed by atoms with Gasteiger partial charge in [0.2, 0.25) is 5.91 Å². The molecule has 0 aliphatic carbocycles. The van der Waals surface area contributed by atoms with E-state index in [1.807, 2.05) is 0 Å². The van der Waals surface area contributed by atoms with Crippen LogP contribution in [0.2, 0.25) is 0 Å². The van der Waals surface area contributed by atoms with Crippen molar-refractivity contribution in [2.75, 3.05) is 37.0 Å². The van der Waals surface area contributed by atoms with Gasteiger partial charge in [0.25, 0.3) is 11.8 Å². The number of aromatic nitrogens is 2. The molecule has 0 radical (unpaired) electrons. The van der Waals surface area contributed by atoms with Crippen LogP contribution in [-0.2, 0) is 14.3 Å². The molecule has 0 aromatic carbocycles. The Morgan fingerprint density at radius 2 is 1.87 bits per heavy atom. The molecule has 2 aromatic heterocycles. The molecular formula is C20H21N5O5S. The zero-order chi connectivity index (χ0) is 22.2. The number of pyridine rings is 2. The monoisotopic (exact) mass is 443 g/mol. The van der Waals surface area contributed by atoms with Crippen molar-refractivity contribution in [2.45, 2.75) is 6.42 Å². The topological polar surface area (TPSA) is 122 Å². The molecule has 1 N–H and O–H groups in total. The van der Waals surface area contributed by atoms with Crippen molar-refractivity contribution in [2.24, 2.45) is 0 Å². The highest BCUT2D eigenvalue weighted by atomic mass is 32.2. The van der Waals surface area contributed by atoms with E-state index in [0.29, 0.717) is 25.3 Å². The third kappa shape index (κ3) is 5.79. The summed E-state index contributed by atoms with van der Waals surface area (Å²) < 4.78 is 4.61. The minimum atomic E-state index is -0.548. The number of ether oxygens (including phenoxy) is 1. The normalized spacial score (nSPS) is 13.1. The summed E-state index contributed by atoms with van der Waals surface area (Å²) in [7, 11) is 1.26. The number of hydrazine groups is 1. The number of hydrogen-bond acceptors (Lipinski definition) is 8. The molecule has 162 valence electrons. The molecule has 1 saturated heterocycles. The fourth-order valence-corrected chi connectivity index (χ4v) is 3.58. The van der Waals surface area contributed by atoms with Crippen LogP contribution in [0.5, 0.6) is 0 Å². The molecule has 3 amide bonds. The lowest BCUT2D eigenvalue weighted by Crippen LogP contribution is -2.46. The quantitative estimate of drug-likeness (QED) is 0.634. The number of nitrogens with one attached hydrogen (secondary N) is 1. The molecule has 3 rings (SSSR count). The summed E-state index contributed by atoms with van der Waals surface area (Å²) in [6.45, 7) is 0.793. The highest BCUT2D eigenvalue weighted by Crippen LogP contribution is 2.17. The van der Waals surface area contributed by atoms with Gasteiger partial charge in [-0.1, -0.05) is 6.07 Å². The van der Waals surface area contributed by atoms with Crippen molar-refractivity contribution < 1.29 is 23.9 Å². The van der Waals surface area contributed by atoms with E-state index in [0.717, 1.165) is 11.8 Å². The third-order valence-corrected chi connectivity index (χ3v) is 5.27. The Balaban J connectivity index is 1.52. The van der Waals surface area contributed by atoms with Gasteiger partial charge in [0, 0.05) is 25.5 Å². The zero-order valence-electron chi connectivity index (χ0n) is 16.8. The summed E-state index contributed by atoms with van der Waals surface area (Å²) in [6, 6.07) is 8.05. The summed E-state index contributed by atoms with van der Waals surface area (Å²) in [5.41, 5.74) is 0.350. The molecule has 31 heavy (non-hydrogen) atoms.